The molecule has 144 valence electrons. The Morgan fingerprint density at radius 3 is 1.93 bits per heavy atom. The van der Waals surface area contributed by atoms with Crippen LogP contribution in [0.3, 0.4) is 0 Å². The molecule has 0 radical (unpaired) electrons. The second-order valence-electron chi connectivity index (χ2n) is 8.17. The lowest BCUT2D eigenvalue weighted by Gasteiger charge is -2.32. The van der Waals surface area contributed by atoms with Gasteiger partial charge < -0.3 is 19.2 Å². The Morgan fingerprint density at radius 1 is 0.821 bits per heavy atom. The molecule has 1 aliphatic heterocycles. The molecule has 28 heavy (non-hydrogen) atoms. The fourth-order valence-electron chi connectivity index (χ4n) is 3.71. The van der Waals surface area contributed by atoms with Crippen molar-refractivity contribution in [3.8, 4) is 22.6 Å². The van der Waals surface area contributed by atoms with Gasteiger partial charge in [0.2, 0.25) is 0 Å². The number of aromatic hydroxyl groups is 1. The molecule has 1 heterocycles. The molecule has 1 N–H and O–H groups in total. The predicted molar refractivity (Wildman–Crippen MR) is 113 cm³/mol. The van der Waals surface area contributed by atoms with E-state index in [9.17, 15) is 5.11 Å². The first-order valence-electron chi connectivity index (χ1n) is 9.49. The van der Waals surface area contributed by atoms with Crippen LogP contribution in [0.25, 0.3) is 21.9 Å². The highest BCUT2D eigenvalue weighted by Crippen LogP contribution is 2.43. The Hall–Kier alpha value is -2.50. The summed E-state index contributed by atoms with van der Waals surface area (Å²) >= 11 is 0. The number of phenolic OH excluding ortho intramolecular Hbond substituents is 1. The molecule has 0 bridgehead atoms. The van der Waals surface area contributed by atoms with Gasteiger partial charge in [-0.3, -0.25) is 0 Å². The maximum atomic E-state index is 11.3. The Morgan fingerprint density at radius 2 is 1.36 bits per heavy atom. The van der Waals surface area contributed by atoms with Gasteiger partial charge in [0.1, 0.15) is 11.5 Å². The maximum absolute atomic E-state index is 11.3. The molecule has 0 aliphatic carbocycles. The average Bonchev–Trinajstić information content (AvgIpc) is 2.89. The van der Waals surface area contributed by atoms with Gasteiger partial charge in [-0.15, -0.1) is 0 Å². The average molecular weight is 376 g/mol. The standard InChI is InChI=1S/C23H25BO4/c1-22(2)23(3,4)28-24(27-22)19-18(15-11-7-6-8-12-15)20(25)16-13-9-10-14-17(16)21(19)26-5/h6-14,25H,1-5H3. The van der Waals surface area contributed by atoms with Crippen molar-refractivity contribution in [2.45, 2.75) is 38.9 Å². The Balaban J connectivity index is 2.07. The lowest BCUT2D eigenvalue weighted by atomic mass is 9.72. The molecule has 0 atom stereocenters. The summed E-state index contributed by atoms with van der Waals surface area (Å²) in [5, 5.41) is 12.8. The van der Waals surface area contributed by atoms with Gasteiger partial charge in [-0.05, 0) is 33.3 Å². The predicted octanol–water partition coefficient (Wildman–Crippen LogP) is 4.52. The van der Waals surface area contributed by atoms with E-state index in [2.05, 4.69) is 0 Å². The van der Waals surface area contributed by atoms with Crippen LogP contribution in [-0.2, 0) is 9.31 Å². The molecule has 0 spiro atoms. The summed E-state index contributed by atoms with van der Waals surface area (Å²) in [6, 6.07) is 17.5. The van der Waals surface area contributed by atoms with Gasteiger partial charge >= 0.3 is 7.12 Å². The lowest BCUT2D eigenvalue weighted by molar-refractivity contribution is 0.00578. The van der Waals surface area contributed by atoms with Crippen LogP contribution in [0.4, 0.5) is 0 Å². The van der Waals surface area contributed by atoms with Crippen molar-refractivity contribution in [2.24, 2.45) is 0 Å². The van der Waals surface area contributed by atoms with E-state index in [0.29, 0.717) is 16.8 Å². The van der Waals surface area contributed by atoms with Gasteiger partial charge in [0.25, 0.3) is 0 Å². The fourth-order valence-corrected chi connectivity index (χ4v) is 3.71. The second kappa shape index (κ2) is 6.54. The third-order valence-electron chi connectivity index (χ3n) is 5.93. The molecule has 1 aliphatic rings. The summed E-state index contributed by atoms with van der Waals surface area (Å²) in [5.41, 5.74) is 1.27. The SMILES string of the molecule is COc1c(B2OC(C)(C)C(C)(C)O2)c(-c2ccccc2)c(O)c2ccccc12. The first kappa shape index (κ1) is 18.8. The van der Waals surface area contributed by atoms with Crippen LogP contribution in [0, 0.1) is 0 Å². The van der Waals surface area contributed by atoms with E-state index in [1.54, 1.807) is 7.11 Å². The molecular weight excluding hydrogens is 351 g/mol. The number of hydrogen-bond donors (Lipinski definition) is 1. The monoisotopic (exact) mass is 376 g/mol. The van der Waals surface area contributed by atoms with Gasteiger partial charge in [-0.25, -0.2) is 0 Å². The molecule has 0 saturated carbocycles. The Kier molecular flexibility index (Phi) is 4.40. The summed E-state index contributed by atoms with van der Waals surface area (Å²) in [6.07, 6.45) is 0. The van der Waals surface area contributed by atoms with Crippen LogP contribution < -0.4 is 10.2 Å². The summed E-state index contributed by atoms with van der Waals surface area (Å²) in [4.78, 5) is 0. The molecular formula is C23H25BO4. The third-order valence-corrected chi connectivity index (χ3v) is 5.93. The highest BCUT2D eigenvalue weighted by atomic mass is 16.7. The molecule has 5 heteroatoms. The summed E-state index contributed by atoms with van der Waals surface area (Å²) in [7, 11) is 0.980. The van der Waals surface area contributed by atoms with E-state index in [0.717, 1.165) is 16.3 Å². The van der Waals surface area contributed by atoms with Gasteiger partial charge in [0, 0.05) is 21.8 Å². The number of rotatable bonds is 3. The van der Waals surface area contributed by atoms with E-state index >= 15 is 0 Å². The van der Waals surface area contributed by atoms with Crippen molar-refractivity contribution in [1.82, 2.24) is 0 Å². The normalized spacial score (nSPS) is 17.8. The largest absolute Gasteiger partial charge is 0.507 e. The molecule has 1 saturated heterocycles. The molecule has 0 aromatic heterocycles. The van der Waals surface area contributed by atoms with Crippen molar-refractivity contribution in [3.63, 3.8) is 0 Å². The Bertz CT molecular complexity index is 1010. The smallest absolute Gasteiger partial charge is 0.499 e. The van der Waals surface area contributed by atoms with E-state index in [4.69, 9.17) is 14.0 Å². The molecule has 4 nitrogen and oxygen atoms in total. The van der Waals surface area contributed by atoms with Crippen molar-refractivity contribution >= 4 is 23.4 Å². The molecule has 1 fully saturated rings. The van der Waals surface area contributed by atoms with E-state index in [1.807, 2.05) is 82.3 Å². The minimum atomic E-state index is -0.661. The number of methoxy groups -OCH3 is 1. The topological polar surface area (TPSA) is 47.9 Å². The van der Waals surface area contributed by atoms with Gasteiger partial charge in [-0.2, -0.15) is 0 Å². The molecule has 4 rings (SSSR count). The molecule has 0 amide bonds. The highest BCUT2D eigenvalue weighted by Gasteiger charge is 2.53. The van der Waals surface area contributed by atoms with Gasteiger partial charge in [0.15, 0.2) is 0 Å². The van der Waals surface area contributed by atoms with E-state index in [-0.39, 0.29) is 5.75 Å². The highest BCUT2D eigenvalue weighted by molar-refractivity contribution is 6.66. The van der Waals surface area contributed by atoms with Crippen LogP contribution in [-0.4, -0.2) is 30.5 Å². The number of hydrogen-bond acceptors (Lipinski definition) is 4. The third kappa shape index (κ3) is 2.77. The molecule has 3 aromatic carbocycles. The van der Waals surface area contributed by atoms with E-state index in [1.165, 1.54) is 0 Å². The number of benzene rings is 3. The minimum Gasteiger partial charge on any atom is -0.507 e. The second-order valence-corrected chi connectivity index (χ2v) is 8.17. The number of phenols is 1. The zero-order valence-corrected chi connectivity index (χ0v) is 16.9. The quantitative estimate of drug-likeness (QED) is 0.683. The van der Waals surface area contributed by atoms with Crippen molar-refractivity contribution in [1.29, 1.82) is 0 Å². The van der Waals surface area contributed by atoms with Crippen LogP contribution in [0.2, 0.25) is 0 Å². The number of fused-ring (bicyclic) bond motifs is 1. The molecule has 0 unspecified atom stereocenters. The maximum Gasteiger partial charge on any atom is 0.499 e. The van der Waals surface area contributed by atoms with Crippen molar-refractivity contribution in [3.05, 3.63) is 54.6 Å². The fraction of sp³-hybridized carbons (Fsp3) is 0.304. The summed E-state index contributed by atoms with van der Waals surface area (Å²) < 4.78 is 18.5. The first-order valence-corrected chi connectivity index (χ1v) is 9.49. The van der Waals surface area contributed by atoms with E-state index < -0.39 is 18.3 Å². The zero-order valence-electron chi connectivity index (χ0n) is 16.9. The van der Waals surface area contributed by atoms with Crippen LogP contribution in [0.1, 0.15) is 27.7 Å². The lowest BCUT2D eigenvalue weighted by Crippen LogP contribution is -2.41. The molecule has 3 aromatic rings. The first-order chi connectivity index (χ1) is 13.3. The van der Waals surface area contributed by atoms with Crippen LogP contribution >= 0.6 is 0 Å². The zero-order chi connectivity index (χ0) is 20.1. The van der Waals surface area contributed by atoms with Gasteiger partial charge in [0.05, 0.1) is 18.3 Å². The summed E-state index contributed by atoms with van der Waals surface area (Å²) in [6.45, 7) is 8.07. The van der Waals surface area contributed by atoms with Crippen LogP contribution in [0.5, 0.6) is 11.5 Å². The van der Waals surface area contributed by atoms with Crippen LogP contribution in [0.15, 0.2) is 54.6 Å². The Labute approximate surface area is 166 Å². The minimum absolute atomic E-state index is 0.201. The van der Waals surface area contributed by atoms with Crippen molar-refractivity contribution in [2.75, 3.05) is 7.11 Å². The van der Waals surface area contributed by atoms with Crippen molar-refractivity contribution < 1.29 is 19.2 Å². The van der Waals surface area contributed by atoms with Gasteiger partial charge in [-0.1, -0.05) is 54.6 Å². The number of ether oxygens (including phenoxy) is 1. The summed E-state index contributed by atoms with van der Waals surface area (Å²) in [5.74, 6) is 0.859.